The second-order valence-electron chi connectivity index (χ2n) is 7.78. The van der Waals surface area contributed by atoms with E-state index in [9.17, 15) is 24.3 Å². The van der Waals surface area contributed by atoms with Gasteiger partial charge in [-0.2, -0.15) is 0 Å². The predicted octanol–water partition coefficient (Wildman–Crippen LogP) is 1.51. The average Bonchev–Trinajstić information content (AvgIpc) is 3.03. The van der Waals surface area contributed by atoms with E-state index in [2.05, 4.69) is 0 Å². The van der Waals surface area contributed by atoms with Crippen LogP contribution in [0.3, 0.4) is 0 Å². The minimum atomic E-state index is -1.70. The highest BCUT2D eigenvalue weighted by Gasteiger charge is 2.72. The highest BCUT2D eigenvalue weighted by molar-refractivity contribution is 6.16. The quantitative estimate of drug-likeness (QED) is 0.585. The third-order valence-electron chi connectivity index (χ3n) is 6.90. The first kappa shape index (κ1) is 14.8. The molecule has 0 saturated heterocycles. The van der Waals surface area contributed by atoms with Gasteiger partial charge >= 0.3 is 5.97 Å². The van der Waals surface area contributed by atoms with Gasteiger partial charge in [-0.25, -0.2) is 0 Å². The number of fused-ring (bicyclic) bond motifs is 6. The number of Topliss-reactive ketones (excluding diaryl/α,β-unsaturated/α-hetero) is 3. The first-order valence-electron chi connectivity index (χ1n) is 8.34. The summed E-state index contributed by atoms with van der Waals surface area (Å²) in [5, 5.41) is 9.96. The van der Waals surface area contributed by atoms with E-state index in [1.807, 2.05) is 13.0 Å². The van der Waals surface area contributed by atoms with Gasteiger partial charge in [-0.15, -0.1) is 0 Å². The number of ketones is 3. The second-order valence-corrected chi connectivity index (χ2v) is 7.78. The van der Waals surface area contributed by atoms with Gasteiger partial charge in [-0.3, -0.25) is 19.2 Å². The lowest BCUT2D eigenvalue weighted by Crippen LogP contribution is -2.65. The van der Waals surface area contributed by atoms with Crippen molar-refractivity contribution in [1.82, 2.24) is 0 Å². The molecule has 0 heterocycles. The molecule has 0 spiro atoms. The lowest BCUT2D eigenvalue weighted by molar-refractivity contribution is -0.179. The fraction of sp³-hybridized carbons (Fsp3) is 0.667. The molecule has 3 fully saturated rings. The Labute approximate surface area is 134 Å². The first-order valence-corrected chi connectivity index (χ1v) is 8.34. The number of hydrogen-bond acceptors (Lipinski definition) is 4. The summed E-state index contributed by atoms with van der Waals surface area (Å²) >= 11 is 0. The van der Waals surface area contributed by atoms with Gasteiger partial charge < -0.3 is 5.11 Å². The smallest absolute Gasteiger partial charge is 0.318 e. The molecule has 0 aromatic carbocycles. The van der Waals surface area contributed by atoms with Crippen LogP contribution in [-0.2, 0) is 19.2 Å². The highest BCUT2D eigenvalue weighted by Crippen LogP contribution is 2.61. The normalized spacial score (nSPS) is 50.9. The average molecular weight is 316 g/mol. The van der Waals surface area contributed by atoms with Crippen molar-refractivity contribution in [3.05, 3.63) is 12.2 Å². The zero-order valence-electron chi connectivity index (χ0n) is 13.2. The van der Waals surface area contributed by atoms with Crippen LogP contribution in [0.1, 0.15) is 26.7 Å². The molecule has 0 radical (unpaired) electrons. The van der Waals surface area contributed by atoms with Crippen molar-refractivity contribution in [2.75, 3.05) is 0 Å². The molecule has 4 aliphatic carbocycles. The van der Waals surface area contributed by atoms with Crippen molar-refractivity contribution in [3.8, 4) is 0 Å². The molecule has 2 unspecified atom stereocenters. The third kappa shape index (κ3) is 1.49. The van der Waals surface area contributed by atoms with Gasteiger partial charge in [0.15, 0.2) is 5.78 Å². The molecule has 3 saturated carbocycles. The number of carbonyl (C=O) groups is 4. The molecule has 2 bridgehead atoms. The van der Waals surface area contributed by atoms with Gasteiger partial charge in [0, 0.05) is 30.1 Å². The molecule has 5 nitrogen and oxygen atoms in total. The molecule has 4 rings (SSSR count). The molecule has 23 heavy (non-hydrogen) atoms. The van der Waals surface area contributed by atoms with Gasteiger partial charge in [0.05, 0.1) is 0 Å². The Morgan fingerprint density at radius 3 is 2.52 bits per heavy atom. The third-order valence-corrected chi connectivity index (χ3v) is 6.90. The van der Waals surface area contributed by atoms with Crippen LogP contribution in [0.4, 0.5) is 0 Å². The SMILES string of the molecule is C[C@@H]1C=C[C@H](C)[C@H]2C(=O)C3C(C(=O)[C@]12C(=O)O)[C@H]1C[C@@H]3CC1=O. The van der Waals surface area contributed by atoms with Crippen molar-refractivity contribution < 1.29 is 24.3 Å². The van der Waals surface area contributed by atoms with Gasteiger partial charge in [-0.1, -0.05) is 26.0 Å². The Morgan fingerprint density at radius 2 is 1.87 bits per heavy atom. The minimum absolute atomic E-state index is 0.0310. The summed E-state index contributed by atoms with van der Waals surface area (Å²) in [5.41, 5.74) is -1.70. The Bertz CT molecular complexity index is 677. The molecule has 8 atom stereocenters. The predicted molar refractivity (Wildman–Crippen MR) is 79.2 cm³/mol. The van der Waals surface area contributed by atoms with Crippen LogP contribution < -0.4 is 0 Å². The van der Waals surface area contributed by atoms with Crippen LogP contribution in [0.5, 0.6) is 0 Å². The molecular formula is C18H20O5. The second kappa shape index (κ2) is 4.40. The molecule has 122 valence electrons. The van der Waals surface area contributed by atoms with E-state index >= 15 is 0 Å². The lowest BCUT2D eigenvalue weighted by Gasteiger charge is -2.51. The molecule has 0 amide bonds. The number of aliphatic carboxylic acids is 1. The highest BCUT2D eigenvalue weighted by atomic mass is 16.4. The summed E-state index contributed by atoms with van der Waals surface area (Å²) in [6.07, 6.45) is 4.55. The number of allylic oxidation sites excluding steroid dienone is 2. The minimum Gasteiger partial charge on any atom is -0.480 e. The summed E-state index contributed by atoms with van der Waals surface area (Å²) in [4.78, 5) is 50.8. The van der Waals surface area contributed by atoms with E-state index in [1.54, 1.807) is 13.0 Å². The maximum atomic E-state index is 13.3. The topological polar surface area (TPSA) is 88.5 Å². The van der Waals surface area contributed by atoms with Crippen LogP contribution in [0.15, 0.2) is 12.2 Å². The fourth-order valence-electron chi connectivity index (χ4n) is 5.95. The van der Waals surface area contributed by atoms with Crippen LogP contribution in [-0.4, -0.2) is 28.4 Å². The van der Waals surface area contributed by atoms with E-state index in [4.69, 9.17) is 0 Å². The number of rotatable bonds is 1. The summed E-state index contributed by atoms with van der Waals surface area (Å²) in [6.45, 7) is 3.51. The van der Waals surface area contributed by atoms with Crippen molar-refractivity contribution in [2.45, 2.75) is 26.7 Å². The van der Waals surface area contributed by atoms with E-state index in [1.165, 1.54) is 0 Å². The number of hydrogen-bond donors (Lipinski definition) is 1. The lowest BCUT2D eigenvalue weighted by atomic mass is 9.47. The Hall–Kier alpha value is -1.78. The fourth-order valence-corrected chi connectivity index (χ4v) is 5.95. The van der Waals surface area contributed by atoms with Crippen LogP contribution in [0.2, 0.25) is 0 Å². The molecule has 1 N–H and O–H groups in total. The van der Waals surface area contributed by atoms with Crippen LogP contribution >= 0.6 is 0 Å². The van der Waals surface area contributed by atoms with Crippen molar-refractivity contribution in [3.63, 3.8) is 0 Å². The molecule has 0 aromatic rings. The van der Waals surface area contributed by atoms with Crippen LogP contribution in [0, 0.1) is 46.8 Å². The maximum Gasteiger partial charge on any atom is 0.318 e. The monoisotopic (exact) mass is 316 g/mol. The standard InChI is InChI=1S/C18H20O5/c1-7-3-4-8(2)18(17(22)23)14(7)15(20)12-9-5-10(11(19)6-9)13(12)16(18)21/h3-4,7-10,12-14H,5-6H2,1-2H3,(H,22,23)/t7-,8+,9+,10-,12?,13?,14-,18-/m0/s1. The van der Waals surface area contributed by atoms with E-state index in [-0.39, 0.29) is 29.2 Å². The van der Waals surface area contributed by atoms with Crippen molar-refractivity contribution in [1.29, 1.82) is 0 Å². The maximum absolute atomic E-state index is 13.3. The van der Waals surface area contributed by atoms with Crippen molar-refractivity contribution in [2.24, 2.45) is 46.8 Å². The van der Waals surface area contributed by atoms with E-state index in [0.29, 0.717) is 12.8 Å². The summed E-state index contributed by atoms with van der Waals surface area (Å²) in [6, 6.07) is 0. The number of carboxylic acids is 1. The summed E-state index contributed by atoms with van der Waals surface area (Å²) in [7, 11) is 0. The number of carboxylic acid groups (broad SMARTS) is 1. The van der Waals surface area contributed by atoms with Gasteiger partial charge in [-0.05, 0) is 24.2 Å². The molecular weight excluding hydrogens is 296 g/mol. The van der Waals surface area contributed by atoms with Crippen molar-refractivity contribution >= 4 is 23.3 Å². The Morgan fingerprint density at radius 1 is 1.17 bits per heavy atom. The largest absolute Gasteiger partial charge is 0.480 e. The number of carbonyl (C=O) groups excluding carboxylic acids is 3. The van der Waals surface area contributed by atoms with Gasteiger partial charge in [0.2, 0.25) is 0 Å². The first-order chi connectivity index (χ1) is 10.8. The molecule has 5 heteroatoms. The summed E-state index contributed by atoms with van der Waals surface area (Å²) < 4.78 is 0. The zero-order chi connectivity index (χ0) is 16.7. The molecule has 0 aliphatic heterocycles. The Kier molecular flexibility index (Phi) is 2.83. The van der Waals surface area contributed by atoms with Crippen LogP contribution in [0.25, 0.3) is 0 Å². The van der Waals surface area contributed by atoms with E-state index in [0.717, 1.165) is 0 Å². The Balaban J connectivity index is 1.92. The van der Waals surface area contributed by atoms with E-state index < -0.39 is 41.0 Å². The van der Waals surface area contributed by atoms with Gasteiger partial charge in [0.25, 0.3) is 0 Å². The summed E-state index contributed by atoms with van der Waals surface area (Å²) in [5.74, 6) is -4.90. The van der Waals surface area contributed by atoms with Gasteiger partial charge in [0.1, 0.15) is 17.0 Å². The molecule has 0 aromatic heterocycles. The molecule has 4 aliphatic rings. The zero-order valence-corrected chi connectivity index (χ0v) is 13.2.